The van der Waals surface area contributed by atoms with Crippen molar-refractivity contribution >= 4 is 10.9 Å². The van der Waals surface area contributed by atoms with Gasteiger partial charge in [0.2, 0.25) is 0 Å². The number of hydrogen-bond donors (Lipinski definition) is 1. The molecule has 8 nitrogen and oxygen atoms in total. The average molecular weight is 458 g/mol. The molecule has 1 N–H and O–H groups in total. The molecule has 2 aromatic carbocycles. The molecule has 172 valence electrons. The number of hydrogen-bond acceptors (Lipinski definition) is 6. The Morgan fingerprint density at radius 1 is 1.06 bits per heavy atom. The summed E-state index contributed by atoms with van der Waals surface area (Å²) >= 11 is 0. The highest BCUT2D eigenvalue weighted by Gasteiger charge is 2.17. The summed E-state index contributed by atoms with van der Waals surface area (Å²) in [5, 5.41) is 13.1. The maximum Gasteiger partial charge on any atom is 0.252 e. The van der Waals surface area contributed by atoms with Crippen molar-refractivity contribution in [1.82, 2.24) is 30.1 Å². The van der Waals surface area contributed by atoms with Gasteiger partial charge in [0.15, 0.2) is 5.82 Å². The van der Waals surface area contributed by atoms with E-state index in [1.54, 1.807) is 23.1 Å². The van der Waals surface area contributed by atoms with E-state index in [2.05, 4.69) is 31.5 Å². The summed E-state index contributed by atoms with van der Waals surface area (Å²) in [5.41, 5.74) is 3.32. The fourth-order valence-corrected chi connectivity index (χ4v) is 3.94. The first-order valence-corrected chi connectivity index (χ1v) is 10.9. The summed E-state index contributed by atoms with van der Waals surface area (Å²) in [6.07, 6.45) is 1.62. The van der Waals surface area contributed by atoms with Gasteiger partial charge >= 0.3 is 0 Å². The Bertz CT molecular complexity index is 1460. The van der Waals surface area contributed by atoms with Gasteiger partial charge in [0.25, 0.3) is 5.56 Å². The second-order valence-electron chi connectivity index (χ2n) is 8.32. The largest absolute Gasteiger partial charge is 0.468 e. The van der Waals surface area contributed by atoms with Crippen LogP contribution < -0.4 is 5.56 Å². The molecule has 0 aliphatic carbocycles. The number of H-pyrrole nitrogens is 1. The Morgan fingerprint density at radius 3 is 2.71 bits per heavy atom. The minimum absolute atomic E-state index is 0.133. The van der Waals surface area contributed by atoms with E-state index >= 15 is 0 Å². The summed E-state index contributed by atoms with van der Waals surface area (Å²) in [7, 11) is 0. The Morgan fingerprint density at radius 2 is 1.91 bits per heavy atom. The van der Waals surface area contributed by atoms with Crippen LogP contribution >= 0.6 is 0 Å². The molecular formula is C25H23FN6O2. The number of halogens is 1. The molecule has 5 aromatic rings. The molecule has 0 fully saturated rings. The third-order valence-electron chi connectivity index (χ3n) is 5.65. The van der Waals surface area contributed by atoms with Crippen LogP contribution in [0.3, 0.4) is 0 Å². The minimum atomic E-state index is -0.291. The lowest BCUT2D eigenvalue weighted by Crippen LogP contribution is -2.28. The lowest BCUT2D eigenvalue weighted by molar-refractivity contribution is 0.217. The highest BCUT2D eigenvalue weighted by atomic mass is 19.1. The summed E-state index contributed by atoms with van der Waals surface area (Å²) in [6.45, 7) is 3.67. The maximum absolute atomic E-state index is 13.3. The van der Waals surface area contributed by atoms with E-state index in [9.17, 15) is 9.18 Å². The zero-order valence-electron chi connectivity index (χ0n) is 18.6. The number of aromatic amines is 1. The van der Waals surface area contributed by atoms with E-state index in [1.165, 1.54) is 12.1 Å². The summed E-state index contributed by atoms with van der Waals surface area (Å²) < 4.78 is 20.5. The number of nitrogens with zero attached hydrogens (tertiary/aromatic N) is 5. The molecule has 5 rings (SSSR count). The van der Waals surface area contributed by atoms with Crippen molar-refractivity contribution in [2.24, 2.45) is 0 Å². The molecule has 0 spiro atoms. The Kier molecular flexibility index (Phi) is 6.01. The summed E-state index contributed by atoms with van der Waals surface area (Å²) in [6, 6.07) is 17.8. The standard InChI is InChI=1S/C25H23FN6O2/c1-17-4-9-23-19(11-17)12-20(25(33)27-23)14-31(15-22-3-2-10-34-22)16-24-28-29-30-32(24)13-18-5-7-21(26)8-6-18/h2-12H,13-16H2,1H3,(H,27,33). The van der Waals surface area contributed by atoms with Crippen molar-refractivity contribution in [3.05, 3.63) is 111 Å². The maximum atomic E-state index is 13.3. The molecule has 0 radical (unpaired) electrons. The third-order valence-corrected chi connectivity index (χ3v) is 5.65. The third kappa shape index (κ3) is 4.94. The Hall–Kier alpha value is -4.11. The van der Waals surface area contributed by atoms with Gasteiger partial charge in [0.1, 0.15) is 11.6 Å². The van der Waals surface area contributed by atoms with Gasteiger partial charge in [-0.2, -0.15) is 0 Å². The summed E-state index contributed by atoms with van der Waals surface area (Å²) in [5.74, 6) is 1.11. The second-order valence-corrected chi connectivity index (χ2v) is 8.32. The molecule has 3 heterocycles. The molecule has 0 aliphatic rings. The first-order chi connectivity index (χ1) is 16.5. The normalized spacial score (nSPS) is 11.5. The first kappa shape index (κ1) is 21.7. The fraction of sp³-hybridized carbons (Fsp3) is 0.200. The Balaban J connectivity index is 1.42. The predicted molar refractivity (Wildman–Crippen MR) is 124 cm³/mol. The molecule has 0 unspecified atom stereocenters. The van der Waals surface area contributed by atoms with Crippen molar-refractivity contribution in [2.45, 2.75) is 33.1 Å². The Labute approximate surface area is 194 Å². The van der Waals surface area contributed by atoms with Crippen LogP contribution in [-0.2, 0) is 26.2 Å². The monoisotopic (exact) mass is 458 g/mol. The molecule has 0 aliphatic heterocycles. The highest BCUT2D eigenvalue weighted by Crippen LogP contribution is 2.17. The lowest BCUT2D eigenvalue weighted by atomic mass is 10.1. The molecule has 0 saturated carbocycles. The van der Waals surface area contributed by atoms with Crippen LogP contribution in [0.15, 0.2) is 76.1 Å². The van der Waals surface area contributed by atoms with Crippen molar-refractivity contribution in [3.8, 4) is 0 Å². The van der Waals surface area contributed by atoms with E-state index in [0.717, 1.165) is 27.8 Å². The minimum Gasteiger partial charge on any atom is -0.468 e. The van der Waals surface area contributed by atoms with Gasteiger partial charge in [-0.05, 0) is 70.8 Å². The number of aryl methyl sites for hydroxylation is 1. The SMILES string of the molecule is Cc1ccc2[nH]c(=O)c(CN(Cc3ccco3)Cc3nnnn3Cc3ccc(F)cc3)cc2c1. The average Bonchev–Trinajstić information content (AvgIpc) is 3.48. The second kappa shape index (κ2) is 9.40. The number of rotatable bonds is 8. The van der Waals surface area contributed by atoms with Gasteiger partial charge in [-0.3, -0.25) is 9.69 Å². The van der Waals surface area contributed by atoms with Gasteiger partial charge in [-0.15, -0.1) is 5.10 Å². The van der Waals surface area contributed by atoms with Crippen molar-refractivity contribution < 1.29 is 8.81 Å². The summed E-state index contributed by atoms with van der Waals surface area (Å²) in [4.78, 5) is 17.8. The molecular weight excluding hydrogens is 435 g/mol. The number of nitrogens with one attached hydrogen (secondary N) is 1. The van der Waals surface area contributed by atoms with Crippen LogP contribution in [0.5, 0.6) is 0 Å². The van der Waals surface area contributed by atoms with Crippen LogP contribution in [0.1, 0.15) is 28.3 Å². The topological polar surface area (TPSA) is 92.8 Å². The molecule has 34 heavy (non-hydrogen) atoms. The van der Waals surface area contributed by atoms with Gasteiger partial charge in [-0.1, -0.05) is 23.8 Å². The van der Waals surface area contributed by atoms with Gasteiger partial charge in [0.05, 0.1) is 25.9 Å². The number of pyridine rings is 1. The van der Waals surface area contributed by atoms with E-state index in [4.69, 9.17) is 4.42 Å². The van der Waals surface area contributed by atoms with E-state index < -0.39 is 0 Å². The molecule has 0 atom stereocenters. The number of tetrazole rings is 1. The smallest absolute Gasteiger partial charge is 0.252 e. The predicted octanol–water partition coefficient (Wildman–Crippen LogP) is 3.81. The van der Waals surface area contributed by atoms with Gasteiger partial charge in [0, 0.05) is 17.6 Å². The lowest BCUT2D eigenvalue weighted by Gasteiger charge is -2.20. The van der Waals surface area contributed by atoms with Crippen LogP contribution in [-0.4, -0.2) is 30.1 Å². The van der Waals surface area contributed by atoms with Crippen LogP contribution in [0.2, 0.25) is 0 Å². The molecule has 9 heteroatoms. The van der Waals surface area contributed by atoms with E-state index in [0.29, 0.717) is 37.6 Å². The van der Waals surface area contributed by atoms with Gasteiger partial charge < -0.3 is 9.40 Å². The first-order valence-electron chi connectivity index (χ1n) is 10.9. The highest BCUT2D eigenvalue weighted by molar-refractivity contribution is 5.79. The zero-order chi connectivity index (χ0) is 23.5. The zero-order valence-corrected chi connectivity index (χ0v) is 18.6. The number of fused-ring (bicyclic) bond motifs is 1. The molecule has 3 aromatic heterocycles. The van der Waals surface area contributed by atoms with Crippen molar-refractivity contribution in [3.63, 3.8) is 0 Å². The molecule has 0 amide bonds. The van der Waals surface area contributed by atoms with Gasteiger partial charge in [-0.25, -0.2) is 9.07 Å². The van der Waals surface area contributed by atoms with Crippen LogP contribution in [0.25, 0.3) is 10.9 Å². The number of aromatic nitrogens is 5. The molecule has 0 bridgehead atoms. The van der Waals surface area contributed by atoms with E-state index in [1.807, 2.05) is 37.3 Å². The number of furan rings is 1. The van der Waals surface area contributed by atoms with Crippen LogP contribution in [0, 0.1) is 12.7 Å². The molecule has 0 saturated heterocycles. The van der Waals surface area contributed by atoms with Crippen LogP contribution in [0.4, 0.5) is 4.39 Å². The van der Waals surface area contributed by atoms with E-state index in [-0.39, 0.29) is 11.4 Å². The van der Waals surface area contributed by atoms with Crippen molar-refractivity contribution in [1.29, 1.82) is 0 Å². The number of benzene rings is 2. The quantitative estimate of drug-likeness (QED) is 0.380. The fourth-order valence-electron chi connectivity index (χ4n) is 3.94. The van der Waals surface area contributed by atoms with Crippen molar-refractivity contribution in [2.75, 3.05) is 0 Å².